The van der Waals surface area contributed by atoms with E-state index < -0.39 is 0 Å². The lowest BCUT2D eigenvalue weighted by molar-refractivity contribution is 0.406. The molecule has 1 atom stereocenters. The number of rotatable bonds is 5. The van der Waals surface area contributed by atoms with Crippen LogP contribution in [-0.4, -0.2) is 19.1 Å². The average Bonchev–Trinajstić information content (AvgIpc) is 2.82. The molecule has 1 unspecified atom stereocenters. The molecule has 0 aliphatic heterocycles. The summed E-state index contributed by atoms with van der Waals surface area (Å²) in [6, 6.07) is 6.59. The van der Waals surface area contributed by atoms with Gasteiger partial charge in [0.05, 0.1) is 12.1 Å². The van der Waals surface area contributed by atoms with E-state index >= 15 is 0 Å². The molecular formula is C15H20N2OS. The first-order valence-electron chi connectivity index (χ1n) is 6.37. The Hall–Kier alpha value is -1.39. The van der Waals surface area contributed by atoms with E-state index in [0.29, 0.717) is 0 Å². The van der Waals surface area contributed by atoms with Crippen LogP contribution in [0.1, 0.15) is 27.1 Å². The lowest BCUT2D eigenvalue weighted by Gasteiger charge is -2.16. The van der Waals surface area contributed by atoms with Crippen molar-refractivity contribution in [1.82, 2.24) is 10.3 Å². The van der Waals surface area contributed by atoms with Crippen molar-refractivity contribution in [1.29, 1.82) is 0 Å². The van der Waals surface area contributed by atoms with Crippen molar-refractivity contribution in [3.63, 3.8) is 0 Å². The molecule has 0 aliphatic rings. The largest absolute Gasteiger partial charge is 0.496 e. The van der Waals surface area contributed by atoms with Crippen molar-refractivity contribution < 1.29 is 4.74 Å². The predicted molar refractivity (Wildman–Crippen MR) is 80.1 cm³/mol. The van der Waals surface area contributed by atoms with Gasteiger partial charge in [-0.1, -0.05) is 17.7 Å². The number of thiazole rings is 1. The summed E-state index contributed by atoms with van der Waals surface area (Å²) in [5.74, 6) is 0.951. The topological polar surface area (TPSA) is 34.1 Å². The quantitative estimate of drug-likeness (QED) is 0.910. The second kappa shape index (κ2) is 6.17. The van der Waals surface area contributed by atoms with Gasteiger partial charge in [-0.3, -0.25) is 0 Å². The molecule has 2 rings (SSSR count). The van der Waals surface area contributed by atoms with Gasteiger partial charge in [-0.15, -0.1) is 11.3 Å². The second-order valence-electron chi connectivity index (χ2n) is 4.64. The molecule has 0 bridgehead atoms. The Morgan fingerprint density at radius 3 is 2.74 bits per heavy atom. The number of hydrogen-bond donors (Lipinski definition) is 1. The van der Waals surface area contributed by atoms with Gasteiger partial charge in [-0.2, -0.15) is 0 Å². The van der Waals surface area contributed by atoms with E-state index in [2.05, 4.69) is 29.4 Å². The minimum atomic E-state index is 0.280. The number of methoxy groups -OCH3 is 1. The monoisotopic (exact) mass is 276 g/mol. The summed E-state index contributed by atoms with van der Waals surface area (Å²) in [5.41, 5.74) is 2.49. The molecule has 0 amide bonds. The van der Waals surface area contributed by atoms with Crippen LogP contribution in [0.25, 0.3) is 0 Å². The molecule has 0 saturated heterocycles. The Labute approximate surface area is 118 Å². The van der Waals surface area contributed by atoms with Crippen molar-refractivity contribution >= 4 is 11.3 Å². The first kappa shape index (κ1) is 14.0. The maximum absolute atomic E-state index is 5.45. The lowest BCUT2D eigenvalue weighted by atomic mass is 10.0. The van der Waals surface area contributed by atoms with Crippen LogP contribution in [0.5, 0.6) is 5.75 Å². The molecule has 0 saturated carbocycles. The van der Waals surface area contributed by atoms with Gasteiger partial charge in [-0.05, 0) is 38.9 Å². The Morgan fingerprint density at radius 1 is 1.37 bits per heavy atom. The number of ether oxygens (including phenoxy) is 1. The molecule has 1 N–H and O–H groups in total. The summed E-state index contributed by atoms with van der Waals surface area (Å²) in [7, 11) is 3.71. The number of aryl methyl sites for hydroxylation is 2. The third-order valence-corrected chi connectivity index (χ3v) is 4.22. The Bertz CT molecular complexity index is 551. The zero-order valence-corrected chi connectivity index (χ0v) is 12.7. The van der Waals surface area contributed by atoms with Gasteiger partial charge in [0.15, 0.2) is 0 Å². The number of nitrogens with one attached hydrogen (secondary N) is 1. The first-order valence-corrected chi connectivity index (χ1v) is 7.18. The highest BCUT2D eigenvalue weighted by molar-refractivity contribution is 7.11. The molecule has 19 heavy (non-hydrogen) atoms. The molecule has 2 aromatic rings. The molecule has 0 aliphatic carbocycles. The summed E-state index contributed by atoms with van der Waals surface area (Å²) in [6.45, 7) is 4.14. The van der Waals surface area contributed by atoms with Crippen LogP contribution >= 0.6 is 11.3 Å². The first-order chi connectivity index (χ1) is 9.13. The maximum atomic E-state index is 5.45. The zero-order valence-electron chi connectivity index (χ0n) is 11.9. The summed E-state index contributed by atoms with van der Waals surface area (Å²) in [6.07, 6.45) is 2.87. The highest BCUT2D eigenvalue weighted by Crippen LogP contribution is 2.28. The van der Waals surface area contributed by atoms with Crippen molar-refractivity contribution in [2.45, 2.75) is 26.3 Å². The van der Waals surface area contributed by atoms with Crippen LogP contribution in [0.4, 0.5) is 0 Å². The number of nitrogens with zero attached hydrogens (tertiary/aromatic N) is 1. The van der Waals surface area contributed by atoms with E-state index in [4.69, 9.17) is 4.74 Å². The van der Waals surface area contributed by atoms with Gasteiger partial charge in [-0.25, -0.2) is 4.98 Å². The van der Waals surface area contributed by atoms with E-state index in [9.17, 15) is 0 Å². The van der Waals surface area contributed by atoms with Crippen LogP contribution in [0, 0.1) is 13.8 Å². The molecule has 1 heterocycles. The Morgan fingerprint density at radius 2 is 2.16 bits per heavy atom. The fourth-order valence-corrected chi connectivity index (χ4v) is 3.07. The van der Waals surface area contributed by atoms with E-state index in [1.165, 1.54) is 16.0 Å². The highest BCUT2D eigenvalue weighted by Gasteiger charge is 2.15. The molecule has 4 heteroatoms. The normalized spacial score (nSPS) is 12.4. The van der Waals surface area contributed by atoms with Gasteiger partial charge in [0.1, 0.15) is 5.75 Å². The Kier molecular flexibility index (Phi) is 4.56. The van der Waals surface area contributed by atoms with Gasteiger partial charge in [0.2, 0.25) is 0 Å². The smallest absolute Gasteiger partial charge is 0.122 e. The van der Waals surface area contributed by atoms with Crippen LogP contribution in [-0.2, 0) is 6.42 Å². The van der Waals surface area contributed by atoms with Crippen LogP contribution in [0.15, 0.2) is 24.4 Å². The van der Waals surface area contributed by atoms with Crippen molar-refractivity contribution in [3.8, 4) is 5.75 Å². The van der Waals surface area contributed by atoms with Crippen molar-refractivity contribution in [2.24, 2.45) is 0 Å². The van der Waals surface area contributed by atoms with Gasteiger partial charge in [0, 0.05) is 17.1 Å². The van der Waals surface area contributed by atoms with E-state index in [1.54, 1.807) is 18.4 Å². The van der Waals surface area contributed by atoms with Crippen molar-refractivity contribution in [3.05, 3.63) is 45.4 Å². The lowest BCUT2D eigenvalue weighted by Crippen LogP contribution is -2.18. The van der Waals surface area contributed by atoms with Crippen molar-refractivity contribution in [2.75, 3.05) is 14.2 Å². The molecular weight excluding hydrogens is 256 g/mol. The molecule has 0 radical (unpaired) electrons. The molecule has 0 spiro atoms. The molecule has 1 aromatic carbocycles. The Balaban J connectivity index is 2.25. The number of benzene rings is 1. The van der Waals surface area contributed by atoms with Gasteiger partial charge >= 0.3 is 0 Å². The van der Waals surface area contributed by atoms with Crippen LogP contribution in [0.2, 0.25) is 0 Å². The molecule has 3 nitrogen and oxygen atoms in total. The van der Waals surface area contributed by atoms with E-state index in [1.807, 2.05) is 26.2 Å². The summed E-state index contributed by atoms with van der Waals surface area (Å²) >= 11 is 1.74. The van der Waals surface area contributed by atoms with Gasteiger partial charge in [0.25, 0.3) is 0 Å². The maximum Gasteiger partial charge on any atom is 0.122 e. The molecule has 102 valence electrons. The average molecular weight is 276 g/mol. The minimum absolute atomic E-state index is 0.280. The highest BCUT2D eigenvalue weighted by atomic mass is 32.1. The fourth-order valence-electron chi connectivity index (χ4n) is 2.17. The van der Waals surface area contributed by atoms with Crippen LogP contribution < -0.4 is 10.1 Å². The number of aromatic nitrogens is 1. The van der Waals surface area contributed by atoms with Gasteiger partial charge < -0.3 is 10.1 Å². The third kappa shape index (κ3) is 3.33. The predicted octanol–water partition coefficient (Wildman–Crippen LogP) is 3.27. The number of hydrogen-bond acceptors (Lipinski definition) is 4. The standard InChI is InChI=1S/C15H20N2OS/c1-10-5-6-14(18-4)12(7-10)8-13(16-3)15-9-17-11(2)19-15/h5-7,9,13,16H,8H2,1-4H3. The summed E-state index contributed by atoms with van der Waals surface area (Å²) in [4.78, 5) is 5.60. The third-order valence-electron chi connectivity index (χ3n) is 3.19. The van der Waals surface area contributed by atoms with E-state index in [0.717, 1.165) is 17.2 Å². The summed E-state index contributed by atoms with van der Waals surface area (Å²) < 4.78 is 5.45. The zero-order chi connectivity index (χ0) is 13.8. The van der Waals surface area contributed by atoms with Crippen LogP contribution in [0.3, 0.4) is 0 Å². The fraction of sp³-hybridized carbons (Fsp3) is 0.400. The van der Waals surface area contributed by atoms with E-state index in [-0.39, 0.29) is 6.04 Å². The summed E-state index contributed by atoms with van der Waals surface area (Å²) in [5, 5.41) is 4.47. The minimum Gasteiger partial charge on any atom is -0.496 e. The molecule has 0 fully saturated rings. The second-order valence-corrected chi connectivity index (χ2v) is 5.91. The number of likely N-dealkylation sites (N-methyl/N-ethyl adjacent to an activating group) is 1. The SMILES string of the molecule is CNC(Cc1cc(C)ccc1OC)c1cnc(C)s1. The molecule has 1 aromatic heterocycles.